The summed E-state index contributed by atoms with van der Waals surface area (Å²) in [5, 5.41) is 72.3. The number of ether oxygens (including phenoxy) is 6. The lowest BCUT2D eigenvalue weighted by atomic mass is 9.98. The van der Waals surface area contributed by atoms with E-state index in [2.05, 4.69) is 74.6 Å². The molecule has 2 aliphatic heterocycles. The average molecular weight is 1010 g/mol. The summed E-state index contributed by atoms with van der Waals surface area (Å²) in [6.07, 6.45) is 37.0. The van der Waals surface area contributed by atoms with Gasteiger partial charge in [0.05, 0.1) is 26.4 Å². The highest BCUT2D eigenvalue weighted by atomic mass is 16.7. The molecule has 2 heterocycles. The largest absolute Gasteiger partial charge is 0.457 e. The van der Waals surface area contributed by atoms with Crippen LogP contribution in [0.1, 0.15) is 194 Å². The number of carbonyl (C=O) groups excluding carboxylic acids is 1. The fourth-order valence-electron chi connectivity index (χ4n) is 8.55. The lowest BCUT2D eigenvalue weighted by molar-refractivity contribution is -0.332. The number of hydrogen-bond acceptors (Lipinski definition) is 14. The number of rotatable bonds is 44. The summed E-state index contributed by atoms with van der Waals surface area (Å²) in [6, 6.07) is 0. The second-order valence-corrected chi connectivity index (χ2v) is 19.4. The van der Waals surface area contributed by atoms with Gasteiger partial charge in [0.15, 0.2) is 12.6 Å². The summed E-state index contributed by atoms with van der Waals surface area (Å²) in [4.78, 5) is 13.0. The standard InChI is InChI=1S/C57H100O14/c1-3-5-7-9-11-13-15-17-19-20-21-22-23-24-25-27-29-31-33-35-37-39-41-66-43-46(69-49(59)40-38-36-34-32-30-28-26-18-16-14-12-10-8-6-4-2)44-67-56-55(65)53(63)51(61)48(71-56)45-68-57-54(64)52(62)50(60)47(42-58)70-57/h5,7,11,13,17,19,21-22,24-25,46-48,50-58,60-65H,3-4,6,8-10,12,14-16,18,20,23,26-45H2,1-2H3/b7-5-,13-11-,19-17-,22-21-,25-24-. The van der Waals surface area contributed by atoms with Crippen LogP contribution in [0.5, 0.6) is 0 Å². The quantitative estimate of drug-likeness (QED) is 0.0172. The zero-order chi connectivity index (χ0) is 51.6. The first kappa shape index (κ1) is 64.8. The third-order valence-corrected chi connectivity index (χ3v) is 13.0. The smallest absolute Gasteiger partial charge is 0.306 e. The van der Waals surface area contributed by atoms with Gasteiger partial charge in [-0.15, -0.1) is 0 Å². The number of hydrogen-bond donors (Lipinski definition) is 7. The van der Waals surface area contributed by atoms with Crippen molar-refractivity contribution in [2.24, 2.45) is 0 Å². The van der Waals surface area contributed by atoms with Crippen LogP contribution in [0.25, 0.3) is 0 Å². The fraction of sp³-hybridized carbons (Fsp3) is 0.807. The van der Waals surface area contributed by atoms with Gasteiger partial charge in [-0.25, -0.2) is 0 Å². The van der Waals surface area contributed by atoms with Crippen molar-refractivity contribution in [2.75, 3.05) is 33.0 Å². The minimum absolute atomic E-state index is 0.0511. The lowest BCUT2D eigenvalue weighted by Gasteiger charge is -2.42. The number of aliphatic hydroxyl groups excluding tert-OH is 7. The van der Waals surface area contributed by atoms with Gasteiger partial charge in [0.25, 0.3) is 0 Å². The molecule has 14 nitrogen and oxygen atoms in total. The molecule has 11 unspecified atom stereocenters. The molecule has 0 amide bonds. The van der Waals surface area contributed by atoms with Gasteiger partial charge < -0.3 is 64.2 Å². The van der Waals surface area contributed by atoms with Gasteiger partial charge in [-0.1, -0.05) is 190 Å². The third-order valence-electron chi connectivity index (χ3n) is 13.0. The van der Waals surface area contributed by atoms with Crippen molar-refractivity contribution in [3.05, 3.63) is 60.8 Å². The van der Waals surface area contributed by atoms with Gasteiger partial charge in [0, 0.05) is 13.0 Å². The monoisotopic (exact) mass is 1010 g/mol. The van der Waals surface area contributed by atoms with Crippen LogP contribution in [0.3, 0.4) is 0 Å². The van der Waals surface area contributed by atoms with Gasteiger partial charge in [0.1, 0.15) is 54.9 Å². The van der Waals surface area contributed by atoms with Crippen molar-refractivity contribution < 1.29 is 69.0 Å². The fourth-order valence-corrected chi connectivity index (χ4v) is 8.55. The highest BCUT2D eigenvalue weighted by Crippen LogP contribution is 2.26. The maximum atomic E-state index is 13.0. The van der Waals surface area contributed by atoms with Gasteiger partial charge in [-0.3, -0.25) is 4.79 Å². The van der Waals surface area contributed by atoms with Gasteiger partial charge in [-0.05, 0) is 57.8 Å². The summed E-state index contributed by atoms with van der Waals surface area (Å²) in [5.74, 6) is -0.382. The molecule has 11 atom stereocenters. The Labute approximate surface area is 428 Å². The Hall–Kier alpha value is -2.31. The number of esters is 1. The molecule has 2 aliphatic rings. The molecule has 0 aliphatic carbocycles. The van der Waals surface area contributed by atoms with Crippen LogP contribution in [0.2, 0.25) is 0 Å². The Morgan fingerprint density at radius 3 is 1.44 bits per heavy atom. The van der Waals surface area contributed by atoms with Crippen LogP contribution in [0, 0.1) is 0 Å². The highest BCUT2D eigenvalue weighted by Gasteiger charge is 2.47. The minimum Gasteiger partial charge on any atom is -0.457 e. The first-order valence-corrected chi connectivity index (χ1v) is 27.9. The lowest BCUT2D eigenvalue weighted by Crippen LogP contribution is -2.61. The Morgan fingerprint density at radius 1 is 0.479 bits per heavy atom. The van der Waals surface area contributed by atoms with E-state index in [1.807, 2.05) is 0 Å². The highest BCUT2D eigenvalue weighted by molar-refractivity contribution is 5.69. The second kappa shape index (κ2) is 44.0. The summed E-state index contributed by atoms with van der Waals surface area (Å²) >= 11 is 0. The first-order valence-electron chi connectivity index (χ1n) is 27.9. The van der Waals surface area contributed by atoms with E-state index in [1.165, 1.54) is 77.0 Å². The molecule has 71 heavy (non-hydrogen) atoms. The van der Waals surface area contributed by atoms with E-state index in [1.54, 1.807) is 0 Å². The number of carbonyl (C=O) groups is 1. The van der Waals surface area contributed by atoms with E-state index in [-0.39, 0.29) is 25.6 Å². The molecule has 0 spiro atoms. The van der Waals surface area contributed by atoms with Crippen molar-refractivity contribution in [1.82, 2.24) is 0 Å². The molecule has 2 fully saturated rings. The van der Waals surface area contributed by atoms with E-state index >= 15 is 0 Å². The second-order valence-electron chi connectivity index (χ2n) is 19.4. The Bertz CT molecular complexity index is 1400. The number of allylic oxidation sites excluding steroid dienone is 10. The Balaban J connectivity index is 1.74. The average Bonchev–Trinajstić information content (AvgIpc) is 3.37. The normalized spacial score (nSPS) is 25.8. The Morgan fingerprint density at radius 2 is 0.915 bits per heavy atom. The molecule has 0 aromatic heterocycles. The van der Waals surface area contributed by atoms with Gasteiger partial charge >= 0.3 is 5.97 Å². The Kier molecular flexibility index (Phi) is 40.2. The van der Waals surface area contributed by atoms with Crippen molar-refractivity contribution in [1.29, 1.82) is 0 Å². The zero-order valence-corrected chi connectivity index (χ0v) is 43.9. The molecule has 0 aromatic rings. The van der Waals surface area contributed by atoms with E-state index in [0.717, 1.165) is 89.9 Å². The molecule has 412 valence electrons. The minimum atomic E-state index is -1.71. The van der Waals surface area contributed by atoms with E-state index < -0.39 is 80.7 Å². The summed E-state index contributed by atoms with van der Waals surface area (Å²) < 4.78 is 34.3. The maximum absolute atomic E-state index is 13.0. The molecule has 0 bridgehead atoms. The van der Waals surface area contributed by atoms with E-state index in [4.69, 9.17) is 28.4 Å². The third kappa shape index (κ3) is 31.2. The topological polar surface area (TPSA) is 214 Å². The van der Waals surface area contributed by atoms with Crippen LogP contribution in [-0.2, 0) is 33.2 Å². The maximum Gasteiger partial charge on any atom is 0.306 e. The molecule has 0 radical (unpaired) electrons. The molecular weight excluding hydrogens is 909 g/mol. The zero-order valence-electron chi connectivity index (χ0n) is 43.9. The van der Waals surface area contributed by atoms with Crippen molar-refractivity contribution in [2.45, 2.75) is 261 Å². The van der Waals surface area contributed by atoms with E-state index in [0.29, 0.717) is 13.0 Å². The predicted octanol–water partition coefficient (Wildman–Crippen LogP) is 9.30. The van der Waals surface area contributed by atoms with Crippen LogP contribution < -0.4 is 0 Å². The number of unbranched alkanes of at least 4 members (excludes halogenated alkanes) is 20. The van der Waals surface area contributed by atoms with Gasteiger partial charge in [0.2, 0.25) is 0 Å². The molecule has 7 N–H and O–H groups in total. The van der Waals surface area contributed by atoms with Crippen LogP contribution in [-0.4, -0.2) is 142 Å². The van der Waals surface area contributed by atoms with E-state index in [9.17, 15) is 40.5 Å². The van der Waals surface area contributed by atoms with Crippen molar-refractivity contribution >= 4 is 5.97 Å². The number of aliphatic hydroxyl groups is 7. The SMILES string of the molecule is CC/C=C\C/C=C\C/C=C\C/C=C\C/C=C\CCCCCCCCOCC(COC1OC(COC2OC(CO)C(O)C(O)C2O)C(O)C(O)C1O)OC(=O)CCCCCCCCCCCCCCCCC. The van der Waals surface area contributed by atoms with Crippen molar-refractivity contribution in [3.63, 3.8) is 0 Å². The molecule has 2 saturated heterocycles. The summed E-state index contributed by atoms with van der Waals surface area (Å²) in [7, 11) is 0. The molecule has 0 saturated carbocycles. The molecular formula is C57H100O14. The molecule has 14 heteroatoms. The predicted molar refractivity (Wildman–Crippen MR) is 279 cm³/mol. The van der Waals surface area contributed by atoms with Crippen LogP contribution in [0.15, 0.2) is 60.8 Å². The van der Waals surface area contributed by atoms with Crippen LogP contribution in [0.4, 0.5) is 0 Å². The summed E-state index contributed by atoms with van der Waals surface area (Å²) in [5.41, 5.74) is 0. The van der Waals surface area contributed by atoms with Gasteiger partial charge in [-0.2, -0.15) is 0 Å². The molecule has 0 aromatic carbocycles. The van der Waals surface area contributed by atoms with Crippen molar-refractivity contribution in [3.8, 4) is 0 Å². The molecule has 2 rings (SSSR count). The van der Waals surface area contributed by atoms with Crippen LogP contribution >= 0.6 is 0 Å². The first-order chi connectivity index (χ1) is 34.6. The summed E-state index contributed by atoms with van der Waals surface area (Å²) in [6.45, 7) is 3.55.